The minimum absolute atomic E-state index is 0.745. The number of hydrogen-bond donors (Lipinski definition) is 2. The molecule has 0 radical (unpaired) electrons. The number of aliphatic hydroxyl groups excluding tert-OH is 1. The first kappa shape index (κ1) is 15.7. The van der Waals surface area contributed by atoms with E-state index in [-0.39, 0.29) is 0 Å². The molecule has 1 aromatic heterocycles. The van der Waals surface area contributed by atoms with Crippen LogP contribution in [0.2, 0.25) is 0 Å². The van der Waals surface area contributed by atoms with E-state index in [2.05, 4.69) is 53.3 Å². The van der Waals surface area contributed by atoms with Gasteiger partial charge in [0.2, 0.25) is 0 Å². The molecular formula is C20H20BrNO2. The van der Waals surface area contributed by atoms with Gasteiger partial charge in [-0.1, -0.05) is 28.1 Å². The van der Waals surface area contributed by atoms with Crippen LogP contribution in [0.5, 0.6) is 0 Å². The van der Waals surface area contributed by atoms with Crippen molar-refractivity contribution in [3.63, 3.8) is 0 Å². The molecule has 1 aliphatic heterocycles. The summed E-state index contributed by atoms with van der Waals surface area (Å²) in [4.78, 5) is 0. The molecule has 1 unspecified atom stereocenters. The summed E-state index contributed by atoms with van der Waals surface area (Å²) in [5.74, 6) is 0. The lowest BCUT2D eigenvalue weighted by atomic mass is 9.84. The molecule has 24 heavy (non-hydrogen) atoms. The summed E-state index contributed by atoms with van der Waals surface area (Å²) in [6.45, 7) is 6.25. The number of anilines is 1. The molecule has 0 saturated heterocycles. The molecule has 4 rings (SSSR count). The van der Waals surface area contributed by atoms with Crippen LogP contribution < -0.4 is 5.32 Å². The fourth-order valence-electron chi connectivity index (χ4n) is 3.72. The van der Waals surface area contributed by atoms with E-state index in [4.69, 9.17) is 4.42 Å². The maximum atomic E-state index is 10.5. The Labute approximate surface area is 149 Å². The van der Waals surface area contributed by atoms with Gasteiger partial charge in [-0.15, -0.1) is 0 Å². The van der Waals surface area contributed by atoms with E-state index in [1.165, 1.54) is 11.1 Å². The van der Waals surface area contributed by atoms with E-state index >= 15 is 0 Å². The monoisotopic (exact) mass is 385 g/mol. The summed E-state index contributed by atoms with van der Waals surface area (Å²) < 4.78 is 6.54. The van der Waals surface area contributed by atoms with Gasteiger partial charge in [0.05, 0.1) is 16.4 Å². The summed E-state index contributed by atoms with van der Waals surface area (Å²) in [6.07, 6.45) is 7.45. The second-order valence-corrected chi connectivity index (χ2v) is 7.45. The van der Waals surface area contributed by atoms with Gasteiger partial charge in [0.15, 0.2) is 6.23 Å². The Bertz CT molecular complexity index is 946. The van der Waals surface area contributed by atoms with Crippen LogP contribution in [0.15, 0.2) is 44.5 Å². The molecule has 3 nitrogen and oxygen atoms in total. The normalized spacial score (nSPS) is 20.6. The Hall–Kier alpha value is -1.78. The van der Waals surface area contributed by atoms with Crippen molar-refractivity contribution in [2.45, 2.75) is 39.8 Å². The zero-order valence-electron chi connectivity index (χ0n) is 14.0. The van der Waals surface area contributed by atoms with Gasteiger partial charge in [-0.3, -0.25) is 0 Å². The Morgan fingerprint density at radius 1 is 1.29 bits per heavy atom. The van der Waals surface area contributed by atoms with Crippen molar-refractivity contribution in [3.05, 3.63) is 56.8 Å². The molecule has 0 bridgehead atoms. The highest BCUT2D eigenvalue weighted by Gasteiger charge is 2.29. The van der Waals surface area contributed by atoms with Crippen molar-refractivity contribution < 1.29 is 9.52 Å². The maximum absolute atomic E-state index is 10.5. The first-order valence-electron chi connectivity index (χ1n) is 8.21. The van der Waals surface area contributed by atoms with Gasteiger partial charge in [-0.25, -0.2) is 0 Å². The van der Waals surface area contributed by atoms with Crippen LogP contribution in [0.25, 0.3) is 16.5 Å². The smallest absolute Gasteiger partial charge is 0.158 e. The number of aryl methyl sites for hydroxylation is 2. The van der Waals surface area contributed by atoms with E-state index in [0.717, 1.165) is 56.2 Å². The van der Waals surface area contributed by atoms with Gasteiger partial charge in [-0.05, 0) is 56.4 Å². The predicted molar refractivity (Wildman–Crippen MR) is 102 cm³/mol. The highest BCUT2D eigenvalue weighted by molar-refractivity contribution is 9.11. The van der Waals surface area contributed by atoms with Crippen molar-refractivity contribution in [2.24, 2.45) is 0 Å². The summed E-state index contributed by atoms with van der Waals surface area (Å²) in [5, 5.41) is 14.9. The average Bonchev–Trinajstić information content (AvgIpc) is 2.93. The van der Waals surface area contributed by atoms with Gasteiger partial charge in [0, 0.05) is 22.1 Å². The lowest BCUT2D eigenvalue weighted by molar-refractivity contribution is 0.249. The number of aliphatic hydroxyl groups is 1. The molecule has 2 N–H and O–H groups in total. The van der Waals surface area contributed by atoms with Crippen molar-refractivity contribution in [3.8, 4) is 0 Å². The fourth-order valence-corrected chi connectivity index (χ4v) is 4.29. The molecule has 4 heteroatoms. The quantitative estimate of drug-likeness (QED) is 0.674. The van der Waals surface area contributed by atoms with Crippen LogP contribution >= 0.6 is 15.9 Å². The van der Waals surface area contributed by atoms with Crippen molar-refractivity contribution in [2.75, 3.05) is 5.32 Å². The minimum atomic E-state index is -0.745. The third kappa shape index (κ3) is 2.20. The molecule has 0 amide bonds. The Kier molecular flexibility index (Phi) is 3.70. The third-order valence-corrected chi connectivity index (χ3v) is 5.86. The van der Waals surface area contributed by atoms with Gasteiger partial charge < -0.3 is 14.8 Å². The number of benzene rings is 1. The Morgan fingerprint density at radius 2 is 2.08 bits per heavy atom. The SMILES string of the molecule is CC1=C(C2=C(Br)C(O)Nc3c2cc2c(C)coc2c3C)CCC=C1. The molecule has 1 aliphatic carbocycles. The molecule has 2 aliphatic rings. The molecule has 0 spiro atoms. The maximum Gasteiger partial charge on any atom is 0.158 e. The second-order valence-electron chi connectivity index (χ2n) is 6.59. The third-order valence-electron chi connectivity index (χ3n) is 5.03. The zero-order valence-corrected chi connectivity index (χ0v) is 15.6. The summed E-state index contributed by atoms with van der Waals surface area (Å²) in [7, 11) is 0. The van der Waals surface area contributed by atoms with Crippen LogP contribution in [-0.4, -0.2) is 11.3 Å². The van der Waals surface area contributed by atoms with E-state index in [0.29, 0.717) is 0 Å². The zero-order chi connectivity index (χ0) is 17.0. The summed E-state index contributed by atoms with van der Waals surface area (Å²) in [6, 6.07) is 2.19. The van der Waals surface area contributed by atoms with Gasteiger partial charge in [-0.2, -0.15) is 0 Å². The Morgan fingerprint density at radius 3 is 2.83 bits per heavy atom. The van der Waals surface area contributed by atoms with Crippen molar-refractivity contribution in [1.82, 2.24) is 0 Å². The number of furan rings is 1. The largest absolute Gasteiger partial charge is 0.464 e. The molecule has 1 aromatic carbocycles. The van der Waals surface area contributed by atoms with Gasteiger partial charge in [0.1, 0.15) is 5.58 Å². The van der Waals surface area contributed by atoms with Crippen LogP contribution in [0.1, 0.15) is 36.5 Å². The molecular weight excluding hydrogens is 366 g/mol. The summed E-state index contributed by atoms with van der Waals surface area (Å²) in [5.41, 5.74) is 8.81. The second kappa shape index (κ2) is 5.64. The lowest BCUT2D eigenvalue weighted by Gasteiger charge is -2.30. The molecule has 2 aromatic rings. The predicted octanol–water partition coefficient (Wildman–Crippen LogP) is 5.57. The fraction of sp³-hybridized carbons (Fsp3) is 0.300. The molecule has 1 atom stereocenters. The molecule has 0 fully saturated rings. The van der Waals surface area contributed by atoms with Crippen LogP contribution in [0, 0.1) is 13.8 Å². The van der Waals surface area contributed by atoms with Crippen LogP contribution in [0.4, 0.5) is 5.69 Å². The number of fused-ring (bicyclic) bond motifs is 2. The van der Waals surface area contributed by atoms with Crippen molar-refractivity contribution >= 4 is 38.2 Å². The van der Waals surface area contributed by atoms with Gasteiger partial charge in [0.25, 0.3) is 0 Å². The summed E-state index contributed by atoms with van der Waals surface area (Å²) >= 11 is 3.64. The average molecular weight is 386 g/mol. The highest BCUT2D eigenvalue weighted by Crippen LogP contribution is 2.46. The first-order valence-corrected chi connectivity index (χ1v) is 9.01. The first-order chi connectivity index (χ1) is 11.5. The lowest BCUT2D eigenvalue weighted by Crippen LogP contribution is -2.26. The van der Waals surface area contributed by atoms with Crippen LogP contribution in [-0.2, 0) is 0 Å². The number of allylic oxidation sites excluding steroid dienone is 5. The topological polar surface area (TPSA) is 45.4 Å². The number of halogens is 1. The molecule has 0 saturated carbocycles. The Balaban J connectivity index is 2.06. The minimum Gasteiger partial charge on any atom is -0.464 e. The van der Waals surface area contributed by atoms with E-state index in [1.54, 1.807) is 6.26 Å². The number of rotatable bonds is 1. The van der Waals surface area contributed by atoms with Crippen molar-refractivity contribution in [1.29, 1.82) is 0 Å². The molecule has 2 heterocycles. The van der Waals surface area contributed by atoms with E-state index in [9.17, 15) is 5.11 Å². The van der Waals surface area contributed by atoms with E-state index in [1.807, 2.05) is 6.92 Å². The molecule has 124 valence electrons. The van der Waals surface area contributed by atoms with Gasteiger partial charge >= 0.3 is 0 Å². The number of nitrogens with one attached hydrogen (secondary N) is 1. The van der Waals surface area contributed by atoms with Crippen LogP contribution in [0.3, 0.4) is 0 Å². The standard InChI is InChI=1S/C20H20BrNO2/c1-10-6-4-5-7-13(10)16-15-8-14-11(2)9-24-19(14)12(3)18(15)22-20(23)17(16)21/h4,6,8-9,20,22-23H,5,7H2,1-3H3. The highest BCUT2D eigenvalue weighted by atomic mass is 79.9. The van der Waals surface area contributed by atoms with E-state index < -0.39 is 6.23 Å². The number of hydrogen-bond acceptors (Lipinski definition) is 3.